The molecule has 1 aromatic carbocycles. The van der Waals surface area contributed by atoms with Gasteiger partial charge in [-0.25, -0.2) is 4.57 Å². The van der Waals surface area contributed by atoms with Gasteiger partial charge in [-0.3, -0.25) is 0 Å². The molecular weight excluding hydrogens is 278 g/mol. The zero-order valence-electron chi connectivity index (χ0n) is 10.2. The molecule has 0 atom stereocenters. The molecule has 0 radical (unpaired) electrons. The number of benzene rings is 1. The van der Waals surface area contributed by atoms with Crippen LogP contribution in [0.2, 0.25) is 0 Å². The minimum absolute atomic E-state index is 0.478. The third-order valence-electron chi connectivity index (χ3n) is 2.45. The topological polar surface area (TPSA) is 26.3 Å². The van der Waals surface area contributed by atoms with Crippen LogP contribution < -0.4 is 4.52 Å². The summed E-state index contributed by atoms with van der Waals surface area (Å²) in [4.78, 5) is 0. The largest absolute Gasteiger partial charge is 0.428 e. The highest BCUT2D eigenvalue weighted by atomic mass is 35.9. The molecule has 0 unspecified atom stereocenters. The number of rotatable bonds is 5. The van der Waals surface area contributed by atoms with E-state index in [1.165, 1.54) is 5.56 Å². The van der Waals surface area contributed by atoms with E-state index in [1.807, 2.05) is 19.1 Å². The van der Waals surface area contributed by atoms with Gasteiger partial charge in [0.05, 0.1) is 0 Å². The average Bonchev–Trinajstić information content (AvgIpc) is 2.17. The van der Waals surface area contributed by atoms with E-state index >= 15 is 0 Å². The number of hydrogen-bond donors (Lipinski definition) is 0. The molecule has 0 spiro atoms. The fourth-order valence-corrected chi connectivity index (χ4v) is 2.42. The van der Waals surface area contributed by atoms with Crippen molar-refractivity contribution in [1.82, 2.24) is 0 Å². The molecule has 0 heterocycles. The van der Waals surface area contributed by atoms with Gasteiger partial charge in [0.1, 0.15) is 5.75 Å². The van der Waals surface area contributed by atoms with E-state index in [1.54, 1.807) is 6.07 Å². The third-order valence-corrected chi connectivity index (χ3v) is 3.28. The predicted molar refractivity (Wildman–Crippen MR) is 74.3 cm³/mol. The summed E-state index contributed by atoms with van der Waals surface area (Å²) in [6.07, 6.45) is -1.35. The maximum atomic E-state index is 11.1. The first-order valence-corrected chi connectivity index (χ1v) is 9.00. The van der Waals surface area contributed by atoms with E-state index < -0.39 is 6.07 Å². The summed E-state index contributed by atoms with van der Waals surface area (Å²) < 4.78 is 16.1. The smallest absolute Gasteiger partial charge is 0.422 e. The quantitative estimate of drug-likeness (QED) is 0.666. The lowest BCUT2D eigenvalue weighted by Gasteiger charge is -2.11. The maximum Gasteiger partial charge on any atom is 0.428 e. The molecule has 1 aromatic rings. The van der Waals surface area contributed by atoms with Crippen LogP contribution in [0.25, 0.3) is 0 Å². The molecule has 0 aliphatic carbocycles. The van der Waals surface area contributed by atoms with Crippen LogP contribution in [0.1, 0.15) is 31.4 Å². The van der Waals surface area contributed by atoms with Gasteiger partial charge in [-0.15, -0.1) is 0 Å². The molecule has 17 heavy (non-hydrogen) atoms. The van der Waals surface area contributed by atoms with Crippen molar-refractivity contribution in [2.75, 3.05) is 0 Å². The first-order valence-electron chi connectivity index (χ1n) is 5.56. The number of halogens is 2. The molecule has 0 aliphatic heterocycles. The van der Waals surface area contributed by atoms with Crippen LogP contribution in [-0.4, -0.2) is 0 Å². The molecule has 96 valence electrons. The SMILES string of the molecule is Cc1cc(CCC(C)C)ccc1OP(=O)(Cl)Cl. The van der Waals surface area contributed by atoms with Crippen molar-refractivity contribution in [3.8, 4) is 5.75 Å². The minimum Gasteiger partial charge on any atom is -0.422 e. The highest BCUT2D eigenvalue weighted by Crippen LogP contribution is 2.57. The molecule has 1 rings (SSSR count). The Kier molecular flexibility index (Phi) is 5.37. The van der Waals surface area contributed by atoms with Gasteiger partial charge in [-0.1, -0.05) is 26.0 Å². The molecule has 0 saturated heterocycles. The Bertz CT molecular complexity index is 427. The van der Waals surface area contributed by atoms with E-state index in [2.05, 4.69) is 13.8 Å². The van der Waals surface area contributed by atoms with Crippen molar-refractivity contribution in [3.05, 3.63) is 29.3 Å². The summed E-state index contributed by atoms with van der Waals surface area (Å²) >= 11 is 10.8. The van der Waals surface area contributed by atoms with Gasteiger partial charge in [0.15, 0.2) is 0 Å². The van der Waals surface area contributed by atoms with Crippen LogP contribution in [0.5, 0.6) is 5.75 Å². The van der Waals surface area contributed by atoms with E-state index in [0.29, 0.717) is 11.7 Å². The molecule has 0 bridgehead atoms. The summed E-state index contributed by atoms with van der Waals surface area (Å²) in [6.45, 7) is 6.28. The Morgan fingerprint density at radius 1 is 1.35 bits per heavy atom. The van der Waals surface area contributed by atoms with Gasteiger partial charge in [0.25, 0.3) is 0 Å². The van der Waals surface area contributed by atoms with Crippen molar-refractivity contribution < 1.29 is 9.09 Å². The Morgan fingerprint density at radius 3 is 2.47 bits per heavy atom. The molecule has 0 fully saturated rings. The Labute approximate surface area is 112 Å². The van der Waals surface area contributed by atoms with Gasteiger partial charge >= 0.3 is 6.07 Å². The van der Waals surface area contributed by atoms with Crippen molar-refractivity contribution in [2.45, 2.75) is 33.6 Å². The van der Waals surface area contributed by atoms with E-state index in [0.717, 1.165) is 18.4 Å². The lowest BCUT2D eigenvalue weighted by atomic mass is 10.0. The number of hydrogen-bond acceptors (Lipinski definition) is 2. The van der Waals surface area contributed by atoms with Crippen molar-refractivity contribution in [1.29, 1.82) is 0 Å². The fraction of sp³-hybridized carbons (Fsp3) is 0.500. The van der Waals surface area contributed by atoms with Crippen LogP contribution in [0.3, 0.4) is 0 Å². The van der Waals surface area contributed by atoms with E-state index in [9.17, 15) is 4.57 Å². The summed E-state index contributed by atoms with van der Waals surface area (Å²) in [5.41, 5.74) is 2.13. The first kappa shape index (κ1) is 14.9. The Hall–Kier alpha value is -0.170. The molecule has 0 aliphatic rings. The van der Waals surface area contributed by atoms with Gasteiger partial charge in [-0.2, -0.15) is 0 Å². The van der Waals surface area contributed by atoms with Gasteiger partial charge in [0, 0.05) is 22.5 Å². The summed E-state index contributed by atoms with van der Waals surface area (Å²) in [6, 6.07) is 5.73. The second-order valence-electron chi connectivity index (χ2n) is 4.54. The summed E-state index contributed by atoms with van der Waals surface area (Å²) in [5.74, 6) is 1.16. The highest BCUT2D eigenvalue weighted by Gasteiger charge is 2.17. The van der Waals surface area contributed by atoms with Crippen molar-refractivity contribution in [2.24, 2.45) is 5.92 Å². The van der Waals surface area contributed by atoms with Crippen LogP contribution in [0.4, 0.5) is 0 Å². The van der Waals surface area contributed by atoms with Crippen LogP contribution in [0.15, 0.2) is 18.2 Å². The van der Waals surface area contributed by atoms with Gasteiger partial charge < -0.3 is 4.52 Å². The lowest BCUT2D eigenvalue weighted by molar-refractivity contribution is 0.511. The normalized spacial score (nSPS) is 11.9. The van der Waals surface area contributed by atoms with Crippen molar-refractivity contribution in [3.63, 3.8) is 0 Å². The van der Waals surface area contributed by atoms with E-state index in [-0.39, 0.29) is 0 Å². The summed E-state index contributed by atoms with van der Waals surface area (Å²) in [7, 11) is 0. The molecular formula is C12H17Cl2O2P. The zero-order chi connectivity index (χ0) is 13.1. The molecule has 2 nitrogen and oxygen atoms in total. The van der Waals surface area contributed by atoms with Crippen LogP contribution in [0, 0.1) is 12.8 Å². The average molecular weight is 295 g/mol. The molecule has 5 heteroatoms. The third kappa shape index (κ3) is 5.81. The second kappa shape index (κ2) is 6.13. The second-order valence-corrected chi connectivity index (χ2v) is 8.74. The predicted octanol–water partition coefficient (Wildman–Crippen LogP) is 5.55. The monoisotopic (exact) mass is 294 g/mol. The fourth-order valence-electron chi connectivity index (χ4n) is 1.54. The molecule has 0 N–H and O–H groups in total. The highest BCUT2D eigenvalue weighted by molar-refractivity contribution is 8.05. The summed E-state index contributed by atoms with van der Waals surface area (Å²) in [5, 5.41) is 0. The Balaban J connectivity index is 2.76. The molecule has 0 saturated carbocycles. The van der Waals surface area contributed by atoms with Gasteiger partial charge in [-0.05, 0) is 42.9 Å². The standard InChI is InChI=1S/C12H17Cl2O2P/c1-9(2)4-5-11-6-7-12(10(3)8-11)16-17(13,14)15/h6-9H,4-5H2,1-3H3. The first-order chi connectivity index (χ1) is 7.78. The number of aryl methyl sites for hydroxylation is 2. The van der Waals surface area contributed by atoms with E-state index in [4.69, 9.17) is 27.0 Å². The Morgan fingerprint density at radius 2 is 2.00 bits per heavy atom. The van der Waals surface area contributed by atoms with Crippen LogP contribution in [-0.2, 0) is 11.0 Å². The van der Waals surface area contributed by atoms with Crippen LogP contribution >= 0.6 is 28.6 Å². The van der Waals surface area contributed by atoms with Gasteiger partial charge in [0.2, 0.25) is 0 Å². The molecule has 0 amide bonds. The minimum atomic E-state index is -3.52. The zero-order valence-corrected chi connectivity index (χ0v) is 12.6. The molecule has 0 aromatic heterocycles. The van der Waals surface area contributed by atoms with Crippen molar-refractivity contribution >= 4 is 28.6 Å². The maximum absolute atomic E-state index is 11.1. The lowest BCUT2D eigenvalue weighted by Crippen LogP contribution is -1.94.